The molecule has 0 amide bonds. The number of rotatable bonds is 6. The van der Waals surface area contributed by atoms with Crippen LogP contribution >= 0.6 is 11.6 Å². The molecule has 0 radical (unpaired) electrons. The largest absolute Gasteiger partial charge is 0.491 e. The molecule has 0 aliphatic heterocycles. The topological polar surface area (TPSA) is 102 Å². The van der Waals surface area contributed by atoms with Crippen LogP contribution in [0.3, 0.4) is 0 Å². The van der Waals surface area contributed by atoms with Crippen molar-refractivity contribution in [3.63, 3.8) is 0 Å². The smallest absolute Gasteiger partial charge is 0.414 e. The maximum absolute atomic E-state index is 9.10. The van der Waals surface area contributed by atoms with Gasteiger partial charge in [0.25, 0.3) is 0 Å². The molecule has 1 aromatic heterocycles. The molecule has 8 heteroatoms. The van der Waals surface area contributed by atoms with Crippen LogP contribution < -0.4 is 4.74 Å². The Hall–Kier alpha value is -2.80. The van der Waals surface area contributed by atoms with Crippen molar-refractivity contribution in [3.05, 3.63) is 60.2 Å². The van der Waals surface area contributed by atoms with Gasteiger partial charge in [-0.05, 0) is 30.2 Å². The molecule has 0 aliphatic carbocycles. The number of halogens is 1. The van der Waals surface area contributed by atoms with Gasteiger partial charge < -0.3 is 19.5 Å². The van der Waals surface area contributed by atoms with Crippen LogP contribution in [-0.4, -0.2) is 38.3 Å². The number of carboxylic acid groups (broad SMARTS) is 2. The highest BCUT2D eigenvalue weighted by Crippen LogP contribution is 2.23. The first-order valence-electron chi connectivity index (χ1n) is 6.88. The first-order chi connectivity index (χ1) is 11.4. The number of ether oxygens (including phenoxy) is 1. The summed E-state index contributed by atoms with van der Waals surface area (Å²) < 4.78 is 7.74. The fourth-order valence-corrected chi connectivity index (χ4v) is 1.88. The van der Waals surface area contributed by atoms with Crippen LogP contribution in [0.1, 0.15) is 5.56 Å². The average molecular weight is 353 g/mol. The molecule has 0 saturated heterocycles. The van der Waals surface area contributed by atoms with Crippen molar-refractivity contribution in [1.82, 2.24) is 9.55 Å². The zero-order valence-electron chi connectivity index (χ0n) is 12.8. The standard InChI is InChI=1S/C14H15ClN2O.C2H2O4/c1-2-3-12-10-13(15)4-5-14(12)18-9-8-17-7-6-16-11-17;3-1(4)2(5)6/h2,4-7,10-11H,1,3,8-9H2;(H,3,4)(H,5,6). The van der Waals surface area contributed by atoms with Gasteiger partial charge in [0, 0.05) is 17.4 Å². The molecular formula is C16H17ClN2O5. The van der Waals surface area contributed by atoms with Crippen LogP contribution in [0, 0.1) is 0 Å². The fraction of sp³-hybridized carbons (Fsp3) is 0.188. The normalized spacial score (nSPS) is 9.54. The molecule has 24 heavy (non-hydrogen) atoms. The van der Waals surface area contributed by atoms with E-state index in [-0.39, 0.29) is 0 Å². The van der Waals surface area contributed by atoms with E-state index in [1.807, 2.05) is 35.0 Å². The van der Waals surface area contributed by atoms with Crippen molar-refractivity contribution in [1.29, 1.82) is 0 Å². The first kappa shape index (κ1) is 19.2. The Morgan fingerprint density at radius 3 is 2.58 bits per heavy atom. The summed E-state index contributed by atoms with van der Waals surface area (Å²) in [6.45, 7) is 5.11. The van der Waals surface area contributed by atoms with E-state index in [1.54, 1.807) is 12.5 Å². The zero-order valence-corrected chi connectivity index (χ0v) is 13.5. The number of hydrogen-bond acceptors (Lipinski definition) is 4. The molecular weight excluding hydrogens is 336 g/mol. The maximum atomic E-state index is 9.10. The van der Waals surface area contributed by atoms with Crippen LogP contribution in [-0.2, 0) is 22.6 Å². The third kappa shape index (κ3) is 6.97. The second kappa shape index (κ2) is 10.1. The molecule has 1 aromatic carbocycles. The van der Waals surface area contributed by atoms with E-state index < -0.39 is 11.9 Å². The number of hydrogen-bond donors (Lipinski definition) is 2. The van der Waals surface area contributed by atoms with E-state index in [1.165, 1.54) is 0 Å². The molecule has 2 N–H and O–H groups in total. The molecule has 0 saturated carbocycles. The van der Waals surface area contributed by atoms with Gasteiger partial charge >= 0.3 is 11.9 Å². The molecule has 2 rings (SSSR count). The Morgan fingerprint density at radius 1 is 1.33 bits per heavy atom. The van der Waals surface area contributed by atoms with Crippen LogP contribution in [0.5, 0.6) is 5.75 Å². The fourth-order valence-electron chi connectivity index (χ4n) is 1.68. The Kier molecular flexibility index (Phi) is 8.07. The SMILES string of the molecule is C=CCc1cc(Cl)ccc1OCCn1ccnc1.O=C(O)C(=O)O. The predicted octanol–water partition coefficient (Wildman–Crippen LogP) is 2.50. The lowest BCUT2D eigenvalue weighted by atomic mass is 10.1. The summed E-state index contributed by atoms with van der Waals surface area (Å²) in [4.78, 5) is 22.2. The maximum Gasteiger partial charge on any atom is 0.414 e. The number of benzene rings is 1. The molecule has 0 spiro atoms. The third-order valence-corrected chi connectivity index (χ3v) is 2.97. The van der Waals surface area contributed by atoms with E-state index in [0.29, 0.717) is 11.6 Å². The highest BCUT2D eigenvalue weighted by atomic mass is 35.5. The minimum Gasteiger partial charge on any atom is -0.491 e. The summed E-state index contributed by atoms with van der Waals surface area (Å²) in [5, 5.41) is 15.5. The van der Waals surface area contributed by atoms with Crippen LogP contribution in [0.4, 0.5) is 0 Å². The van der Waals surface area contributed by atoms with Crippen LogP contribution in [0.15, 0.2) is 49.6 Å². The zero-order chi connectivity index (χ0) is 17.9. The molecule has 0 bridgehead atoms. The first-order valence-corrected chi connectivity index (χ1v) is 7.26. The highest BCUT2D eigenvalue weighted by Gasteiger charge is 2.04. The Morgan fingerprint density at radius 2 is 2.04 bits per heavy atom. The summed E-state index contributed by atoms with van der Waals surface area (Å²) in [7, 11) is 0. The monoisotopic (exact) mass is 352 g/mol. The molecule has 1 heterocycles. The summed E-state index contributed by atoms with van der Waals surface area (Å²) in [5.74, 6) is -2.79. The van der Waals surface area contributed by atoms with Gasteiger partial charge in [-0.15, -0.1) is 6.58 Å². The Labute approximate surface area is 143 Å². The van der Waals surface area contributed by atoms with Gasteiger partial charge in [-0.25, -0.2) is 14.6 Å². The van der Waals surface area contributed by atoms with Gasteiger partial charge in [0.15, 0.2) is 0 Å². The van der Waals surface area contributed by atoms with Crippen molar-refractivity contribution in [3.8, 4) is 5.75 Å². The van der Waals surface area contributed by atoms with Crippen molar-refractivity contribution < 1.29 is 24.5 Å². The third-order valence-electron chi connectivity index (χ3n) is 2.74. The van der Waals surface area contributed by atoms with Gasteiger partial charge in [0.2, 0.25) is 0 Å². The molecule has 0 fully saturated rings. The molecule has 0 aliphatic rings. The van der Waals surface area contributed by atoms with Crippen LogP contribution in [0.25, 0.3) is 0 Å². The summed E-state index contributed by atoms with van der Waals surface area (Å²) in [5.41, 5.74) is 1.06. The van der Waals surface area contributed by atoms with E-state index in [0.717, 1.165) is 24.3 Å². The number of allylic oxidation sites excluding steroid dienone is 1. The summed E-state index contributed by atoms with van der Waals surface area (Å²) >= 11 is 5.97. The van der Waals surface area contributed by atoms with Crippen molar-refractivity contribution in [2.75, 3.05) is 6.61 Å². The van der Waals surface area contributed by atoms with Gasteiger partial charge in [-0.3, -0.25) is 0 Å². The molecule has 2 aromatic rings. The van der Waals surface area contributed by atoms with E-state index in [9.17, 15) is 0 Å². The van der Waals surface area contributed by atoms with E-state index >= 15 is 0 Å². The van der Waals surface area contributed by atoms with Crippen molar-refractivity contribution in [2.24, 2.45) is 0 Å². The number of imidazole rings is 1. The average Bonchev–Trinajstić information content (AvgIpc) is 3.03. The quantitative estimate of drug-likeness (QED) is 0.611. The molecule has 128 valence electrons. The second-order valence-corrected chi connectivity index (χ2v) is 4.94. The predicted molar refractivity (Wildman–Crippen MR) is 88.3 cm³/mol. The number of aromatic nitrogens is 2. The highest BCUT2D eigenvalue weighted by molar-refractivity contribution is 6.30. The number of nitrogens with zero attached hydrogens (tertiary/aromatic N) is 2. The van der Waals surface area contributed by atoms with E-state index in [2.05, 4.69) is 11.6 Å². The molecule has 0 atom stereocenters. The number of aliphatic carboxylic acids is 2. The number of carbonyl (C=O) groups is 2. The number of carboxylic acids is 2. The Balaban J connectivity index is 0.000000413. The van der Waals surface area contributed by atoms with Gasteiger partial charge in [0.05, 0.1) is 12.9 Å². The minimum atomic E-state index is -1.82. The van der Waals surface area contributed by atoms with Crippen molar-refractivity contribution >= 4 is 23.5 Å². The lowest BCUT2D eigenvalue weighted by Crippen LogP contribution is -2.09. The lowest BCUT2D eigenvalue weighted by Gasteiger charge is -2.11. The molecule has 0 unspecified atom stereocenters. The lowest BCUT2D eigenvalue weighted by molar-refractivity contribution is -0.159. The molecule has 7 nitrogen and oxygen atoms in total. The summed E-state index contributed by atoms with van der Waals surface area (Å²) in [6, 6.07) is 5.64. The van der Waals surface area contributed by atoms with Gasteiger partial charge in [-0.1, -0.05) is 17.7 Å². The van der Waals surface area contributed by atoms with Crippen LogP contribution in [0.2, 0.25) is 5.02 Å². The Bertz CT molecular complexity index is 674. The van der Waals surface area contributed by atoms with Gasteiger partial charge in [0.1, 0.15) is 12.4 Å². The van der Waals surface area contributed by atoms with Gasteiger partial charge in [-0.2, -0.15) is 0 Å². The van der Waals surface area contributed by atoms with Crippen molar-refractivity contribution in [2.45, 2.75) is 13.0 Å². The minimum absolute atomic E-state index is 0.599. The summed E-state index contributed by atoms with van der Waals surface area (Å²) in [6.07, 6.45) is 8.03. The van der Waals surface area contributed by atoms with E-state index in [4.69, 9.17) is 36.1 Å². The second-order valence-electron chi connectivity index (χ2n) is 4.50.